The van der Waals surface area contributed by atoms with Gasteiger partial charge in [-0.1, -0.05) is 0 Å². The summed E-state index contributed by atoms with van der Waals surface area (Å²) < 4.78 is 7.08. The molecular formula is C19H18Po. The van der Waals surface area contributed by atoms with Gasteiger partial charge < -0.3 is 0 Å². The van der Waals surface area contributed by atoms with Crippen LogP contribution >= 0.6 is 0 Å². The van der Waals surface area contributed by atoms with Crippen LogP contribution in [0.2, 0.25) is 4.58 Å². The molecule has 0 saturated carbocycles. The zero-order valence-corrected chi connectivity index (χ0v) is 14.7. The van der Waals surface area contributed by atoms with Crippen molar-refractivity contribution in [3.63, 3.8) is 0 Å². The molecule has 0 bridgehead atoms. The summed E-state index contributed by atoms with van der Waals surface area (Å²) in [5, 5.41) is 0. The molecule has 100 valence electrons. The molecule has 0 saturated heterocycles. The van der Waals surface area contributed by atoms with E-state index in [0.29, 0.717) is 0 Å². The Labute approximate surface area is 125 Å². The molecule has 20 heavy (non-hydrogen) atoms. The first-order valence-corrected chi connectivity index (χ1v) is 14.7. The third-order valence-electron chi connectivity index (χ3n) is 3.64. The summed E-state index contributed by atoms with van der Waals surface area (Å²) in [7, 11) is 0. The predicted molar refractivity (Wildman–Crippen MR) is 89.8 cm³/mol. The molecule has 0 aliphatic carbocycles. The fraction of sp³-hybridized carbons (Fsp3) is 0.0526. The van der Waals surface area contributed by atoms with Crippen LogP contribution in [0.1, 0.15) is 0 Å². The van der Waals surface area contributed by atoms with Crippen LogP contribution < -0.4 is 9.67 Å². The van der Waals surface area contributed by atoms with Crippen molar-refractivity contribution in [3.05, 3.63) is 91.0 Å². The van der Waals surface area contributed by atoms with Gasteiger partial charge in [0.2, 0.25) is 0 Å². The Morgan fingerprint density at radius 3 is 0.950 bits per heavy atom. The van der Waals surface area contributed by atoms with E-state index in [9.17, 15) is 0 Å². The van der Waals surface area contributed by atoms with Crippen molar-refractivity contribution in [1.29, 1.82) is 0 Å². The maximum atomic E-state index is 2.51. The first-order chi connectivity index (χ1) is 9.82. The topological polar surface area (TPSA) is 0 Å². The van der Waals surface area contributed by atoms with Crippen LogP contribution in [0.5, 0.6) is 0 Å². The van der Waals surface area contributed by atoms with E-state index in [1.165, 1.54) is 9.67 Å². The molecule has 0 aliphatic rings. The van der Waals surface area contributed by atoms with E-state index in [1.54, 1.807) is 0 Å². The van der Waals surface area contributed by atoms with Crippen LogP contribution in [0.4, 0.5) is 0 Å². The number of rotatable bonds is 3. The van der Waals surface area contributed by atoms with Gasteiger partial charge in [0.25, 0.3) is 0 Å². The molecule has 0 unspecified atom stereocenters. The summed E-state index contributed by atoms with van der Waals surface area (Å²) in [5.74, 6) is 0. The molecule has 3 aromatic rings. The van der Waals surface area contributed by atoms with Gasteiger partial charge in [-0.25, -0.2) is 0 Å². The molecule has 0 spiro atoms. The quantitative estimate of drug-likeness (QED) is 0.570. The van der Waals surface area contributed by atoms with E-state index in [4.69, 9.17) is 0 Å². The van der Waals surface area contributed by atoms with E-state index in [-0.39, 0.29) is 0 Å². The van der Waals surface area contributed by atoms with E-state index in [0.717, 1.165) is 0 Å². The Morgan fingerprint density at radius 2 is 0.700 bits per heavy atom. The van der Waals surface area contributed by atoms with Crippen molar-refractivity contribution in [2.45, 2.75) is 4.58 Å². The van der Waals surface area contributed by atoms with E-state index in [1.807, 2.05) is 0 Å². The maximum absolute atomic E-state index is 2.76. The summed E-state index contributed by atoms with van der Waals surface area (Å²) in [6, 6.07) is 33.1. The minimum atomic E-state index is -2.76. The van der Waals surface area contributed by atoms with Crippen LogP contribution in [-0.4, -0.2) is 20.6 Å². The Kier molecular flexibility index (Phi) is 3.99. The Bertz CT molecular complexity index is 563. The summed E-state index contributed by atoms with van der Waals surface area (Å²) in [6.07, 6.45) is 0. The van der Waals surface area contributed by atoms with Crippen LogP contribution in [0, 0.1) is 0 Å². The van der Waals surface area contributed by atoms with Crippen molar-refractivity contribution in [1.82, 2.24) is 0 Å². The molecule has 0 N–H and O–H groups in total. The second kappa shape index (κ2) is 5.90. The van der Waals surface area contributed by atoms with Gasteiger partial charge >= 0.3 is 126 Å². The van der Waals surface area contributed by atoms with Gasteiger partial charge in [0.1, 0.15) is 0 Å². The average molecular weight is 455 g/mol. The standard InChI is InChI=1S/3C6H5.CH3.Po/c3*1-2-4-6-5-3-1;;/h3*1-5H;1H3;. The van der Waals surface area contributed by atoms with Crippen LogP contribution in [-0.2, 0) is 0 Å². The van der Waals surface area contributed by atoms with Gasteiger partial charge in [-0.15, -0.1) is 0 Å². The summed E-state index contributed by atoms with van der Waals surface area (Å²) in [6.45, 7) is 0. The molecule has 0 radical (unpaired) electrons. The predicted octanol–water partition coefficient (Wildman–Crippen LogP) is 2.79. The second-order valence-electron chi connectivity index (χ2n) is 4.86. The van der Waals surface area contributed by atoms with E-state index >= 15 is 0 Å². The Morgan fingerprint density at radius 1 is 0.450 bits per heavy atom. The third-order valence-corrected chi connectivity index (χ3v) is 17.8. The molecule has 0 fully saturated rings. The zero-order valence-electron chi connectivity index (χ0n) is 11.6. The molecule has 0 nitrogen and oxygen atoms in total. The molecular weight excluding hydrogens is 437 g/mol. The van der Waals surface area contributed by atoms with Crippen LogP contribution in [0.15, 0.2) is 91.0 Å². The molecule has 0 heterocycles. The Hall–Kier alpha value is -1.44. The number of hydrogen-bond donors (Lipinski definition) is 0. The summed E-state index contributed by atoms with van der Waals surface area (Å²) >= 11 is -2.76. The summed E-state index contributed by atoms with van der Waals surface area (Å²) in [5.41, 5.74) is 0. The fourth-order valence-electron chi connectivity index (χ4n) is 2.49. The van der Waals surface area contributed by atoms with Crippen molar-refractivity contribution in [2.24, 2.45) is 0 Å². The average Bonchev–Trinajstić information content (AvgIpc) is 2.56. The van der Waals surface area contributed by atoms with Crippen molar-refractivity contribution in [2.75, 3.05) is 0 Å². The molecule has 0 aromatic heterocycles. The number of hydrogen-bond acceptors (Lipinski definition) is 0. The minimum absolute atomic E-state index is 1.53. The van der Waals surface area contributed by atoms with Crippen molar-refractivity contribution < 1.29 is 0 Å². The van der Waals surface area contributed by atoms with Crippen molar-refractivity contribution >= 4 is 30.2 Å². The molecule has 1 heteroatoms. The first-order valence-electron chi connectivity index (χ1n) is 6.75. The van der Waals surface area contributed by atoms with Gasteiger partial charge in [0, 0.05) is 0 Å². The molecule has 0 aliphatic heterocycles. The summed E-state index contributed by atoms with van der Waals surface area (Å²) in [4.78, 5) is 0. The molecule has 0 atom stereocenters. The third kappa shape index (κ3) is 2.44. The number of benzene rings is 3. The monoisotopic (exact) mass is 455 g/mol. The molecule has 3 aromatic carbocycles. The molecule has 3 rings (SSSR count). The SMILES string of the molecule is [CH3][Po]([c]1ccccc1)([c]1ccccc1)[c]1ccccc1. The van der Waals surface area contributed by atoms with E-state index in [2.05, 4.69) is 95.6 Å². The van der Waals surface area contributed by atoms with Crippen LogP contribution in [0.3, 0.4) is 0 Å². The van der Waals surface area contributed by atoms with Gasteiger partial charge in [0.15, 0.2) is 0 Å². The zero-order chi connectivity index (χ0) is 13.8. The van der Waals surface area contributed by atoms with Crippen LogP contribution in [0.25, 0.3) is 0 Å². The van der Waals surface area contributed by atoms with E-state index < -0.39 is 20.6 Å². The van der Waals surface area contributed by atoms with Crippen molar-refractivity contribution in [3.8, 4) is 0 Å². The first kappa shape index (κ1) is 13.5. The fourth-order valence-corrected chi connectivity index (χ4v) is 13.8. The second-order valence-corrected chi connectivity index (χ2v) is 17.5. The normalized spacial score (nSPS) is 12.1. The molecule has 0 amide bonds. The van der Waals surface area contributed by atoms with Gasteiger partial charge in [0.05, 0.1) is 0 Å². The van der Waals surface area contributed by atoms with Gasteiger partial charge in [-0.3, -0.25) is 0 Å². The van der Waals surface area contributed by atoms with Gasteiger partial charge in [-0.05, 0) is 0 Å². The Balaban J connectivity index is 2.24. The van der Waals surface area contributed by atoms with Gasteiger partial charge in [-0.2, -0.15) is 0 Å².